The number of amides is 2. The van der Waals surface area contributed by atoms with Crippen LogP contribution in [0, 0.1) is 11.7 Å². The number of carbonyl (C=O) groups is 4. The average Bonchev–Trinajstić information content (AvgIpc) is 3.62. The molecule has 20 heteroatoms. The second-order valence-electron chi connectivity index (χ2n) is 13.0. The lowest BCUT2D eigenvalue weighted by atomic mass is 9.92. The molecule has 1 aliphatic heterocycles. The zero-order valence-electron chi connectivity index (χ0n) is 31.8. The molecule has 1 fully saturated rings. The molecule has 4 aromatic rings. The molecule has 1 saturated heterocycles. The first-order chi connectivity index (χ1) is 27.2. The number of carboxylic acids is 1. The number of fused-ring (bicyclic) bond motifs is 1. The van der Waals surface area contributed by atoms with Crippen molar-refractivity contribution in [3.63, 3.8) is 0 Å². The number of sulfone groups is 1. The Balaban J connectivity index is 0.000000973. The summed E-state index contributed by atoms with van der Waals surface area (Å²) in [5, 5.41) is 13.3. The number of esters is 1. The second kappa shape index (κ2) is 18.4. The van der Waals surface area contributed by atoms with Crippen LogP contribution in [0.15, 0.2) is 71.8 Å². The summed E-state index contributed by atoms with van der Waals surface area (Å²) >= 11 is 0. The average molecular weight is 836 g/mol. The number of ether oxygens (including phenoxy) is 3. The van der Waals surface area contributed by atoms with Crippen LogP contribution >= 0.6 is 0 Å². The van der Waals surface area contributed by atoms with Crippen molar-refractivity contribution < 1.29 is 64.5 Å². The van der Waals surface area contributed by atoms with Crippen LogP contribution in [0.3, 0.4) is 0 Å². The van der Waals surface area contributed by atoms with E-state index in [-0.39, 0.29) is 41.3 Å². The molecule has 58 heavy (non-hydrogen) atoms. The first kappa shape index (κ1) is 44.5. The summed E-state index contributed by atoms with van der Waals surface area (Å²) in [5.41, 5.74) is 6.70. The molecule has 15 nitrogen and oxygen atoms in total. The minimum atomic E-state index is -5.08. The van der Waals surface area contributed by atoms with Gasteiger partial charge in [-0.3, -0.25) is 14.9 Å². The number of nitrogen functional groups attached to an aromatic ring is 1. The topological polar surface area (TPSA) is 217 Å². The van der Waals surface area contributed by atoms with Gasteiger partial charge in [-0.1, -0.05) is 0 Å². The van der Waals surface area contributed by atoms with Gasteiger partial charge in [-0.2, -0.15) is 13.2 Å². The number of benzene rings is 3. The SMILES string of the molecule is CCOc1ccc(F)c([C@H](Nc2ccc3c(N)nccc3c2)C(=O)N2CC[C@@H](C(=O)OC)[C@H]2c2cc(NC(=O)OC)ccc2S(=O)(=O)C(C)C)c1.O=C(O)C(F)(F)F. The number of nitrogens with one attached hydrogen (secondary N) is 2. The molecule has 3 atom stereocenters. The predicted octanol–water partition coefficient (Wildman–Crippen LogP) is 6.26. The maximum atomic E-state index is 15.8. The van der Waals surface area contributed by atoms with Gasteiger partial charge in [0.1, 0.15) is 23.4 Å². The maximum absolute atomic E-state index is 15.8. The molecule has 1 aromatic heterocycles. The van der Waals surface area contributed by atoms with Crippen LogP contribution in [0.2, 0.25) is 0 Å². The Morgan fingerprint density at radius 1 is 1.00 bits per heavy atom. The number of nitrogens with two attached hydrogens (primary N) is 1. The van der Waals surface area contributed by atoms with E-state index >= 15 is 4.39 Å². The van der Waals surface area contributed by atoms with E-state index in [2.05, 4.69) is 15.6 Å². The smallest absolute Gasteiger partial charge is 0.490 e. The third-order valence-electron chi connectivity index (χ3n) is 9.06. The summed E-state index contributed by atoms with van der Waals surface area (Å²) in [7, 11) is -1.63. The number of aliphatic carboxylic acids is 1. The fraction of sp³-hybridized carbons (Fsp3) is 0.342. The summed E-state index contributed by atoms with van der Waals surface area (Å²) in [5.74, 6) is -5.17. The van der Waals surface area contributed by atoms with Gasteiger partial charge in [0.2, 0.25) is 5.91 Å². The molecule has 1 aliphatic rings. The predicted molar refractivity (Wildman–Crippen MR) is 203 cm³/mol. The van der Waals surface area contributed by atoms with Crippen molar-refractivity contribution in [3.05, 3.63) is 83.8 Å². The standard InChI is InChI=1S/C36H40FN5O8S.C2HF3O2/c1-6-50-24-9-11-29(37)27(19-24)31(40-22-7-10-25-21(17-22)13-15-39-33(25)38)34(43)42-16-14-26(35(44)48-4)32(42)28-18-23(41-36(45)49-5)8-12-30(28)51(46,47)20(2)3;3-2(4,5)1(6)7/h7-13,15,17-20,26,31-32,40H,6,14,16H2,1-5H3,(H2,38,39)(H,41,45);(H,6,7)/t26-,31+,32+;/m1./s1. The van der Waals surface area contributed by atoms with Crippen LogP contribution in [-0.4, -0.2) is 86.1 Å². The highest BCUT2D eigenvalue weighted by atomic mass is 32.2. The van der Waals surface area contributed by atoms with Crippen molar-refractivity contribution in [1.29, 1.82) is 0 Å². The summed E-state index contributed by atoms with van der Waals surface area (Å²) < 4.78 is 90.6. The summed E-state index contributed by atoms with van der Waals surface area (Å²) in [4.78, 5) is 54.7. The van der Waals surface area contributed by atoms with Crippen LogP contribution in [0.4, 0.5) is 39.5 Å². The van der Waals surface area contributed by atoms with Gasteiger partial charge in [0.25, 0.3) is 0 Å². The first-order valence-corrected chi connectivity index (χ1v) is 19.0. The zero-order valence-corrected chi connectivity index (χ0v) is 32.6. The molecule has 3 aromatic carbocycles. The largest absolute Gasteiger partial charge is 0.494 e. The Morgan fingerprint density at radius 3 is 2.28 bits per heavy atom. The Hall–Kier alpha value is -6.18. The lowest BCUT2D eigenvalue weighted by Gasteiger charge is -2.33. The highest BCUT2D eigenvalue weighted by Gasteiger charge is 2.47. The van der Waals surface area contributed by atoms with Crippen LogP contribution in [0.1, 0.15) is 50.4 Å². The van der Waals surface area contributed by atoms with Gasteiger partial charge in [0.05, 0.1) is 42.9 Å². The number of alkyl halides is 3. The van der Waals surface area contributed by atoms with Crippen molar-refractivity contribution in [2.75, 3.05) is 43.7 Å². The molecule has 0 radical (unpaired) electrons. The summed E-state index contributed by atoms with van der Waals surface area (Å²) in [6, 6.07) is 12.5. The van der Waals surface area contributed by atoms with Gasteiger partial charge in [-0.05, 0) is 98.8 Å². The van der Waals surface area contributed by atoms with E-state index in [4.69, 9.17) is 29.8 Å². The number of nitrogens with zero attached hydrogens (tertiary/aromatic N) is 2. The number of anilines is 3. The minimum Gasteiger partial charge on any atom is -0.494 e. The van der Waals surface area contributed by atoms with E-state index in [1.54, 1.807) is 37.4 Å². The number of carbonyl (C=O) groups excluding carboxylic acids is 3. The molecule has 5 rings (SSSR count). The van der Waals surface area contributed by atoms with E-state index in [1.807, 2.05) is 0 Å². The lowest BCUT2D eigenvalue weighted by molar-refractivity contribution is -0.192. The number of hydrogen-bond acceptors (Lipinski definition) is 12. The van der Waals surface area contributed by atoms with E-state index in [9.17, 15) is 36.0 Å². The quantitative estimate of drug-likeness (QED) is 0.0970. The molecule has 0 saturated carbocycles. The molecule has 5 N–H and O–H groups in total. The van der Waals surface area contributed by atoms with E-state index in [1.165, 1.54) is 69.4 Å². The van der Waals surface area contributed by atoms with Gasteiger partial charge < -0.3 is 35.3 Å². The number of carboxylic acid groups (broad SMARTS) is 1. The van der Waals surface area contributed by atoms with Crippen molar-refractivity contribution in [2.45, 2.75) is 55.6 Å². The van der Waals surface area contributed by atoms with Gasteiger partial charge in [0.15, 0.2) is 9.84 Å². The molecule has 0 spiro atoms. The molecule has 2 amide bonds. The van der Waals surface area contributed by atoms with Crippen molar-refractivity contribution >= 4 is 61.7 Å². The van der Waals surface area contributed by atoms with Gasteiger partial charge in [-0.25, -0.2) is 27.4 Å². The van der Waals surface area contributed by atoms with E-state index < -0.39 is 69.0 Å². The fourth-order valence-electron chi connectivity index (χ4n) is 6.26. The normalized spacial score (nSPS) is 15.9. The fourth-order valence-corrected chi connectivity index (χ4v) is 7.53. The Labute approximate surface area is 330 Å². The Morgan fingerprint density at radius 2 is 1.67 bits per heavy atom. The number of likely N-dealkylation sites (tertiary alicyclic amines) is 1. The Bertz CT molecular complexity index is 2290. The number of aromatic nitrogens is 1. The zero-order chi connectivity index (χ0) is 43.1. The highest BCUT2D eigenvalue weighted by molar-refractivity contribution is 7.92. The monoisotopic (exact) mass is 835 g/mol. The van der Waals surface area contributed by atoms with Gasteiger partial charge >= 0.3 is 24.2 Å². The van der Waals surface area contributed by atoms with Crippen molar-refractivity contribution in [2.24, 2.45) is 5.92 Å². The summed E-state index contributed by atoms with van der Waals surface area (Å²) in [6.07, 6.45) is -4.25. The summed E-state index contributed by atoms with van der Waals surface area (Å²) in [6.45, 7) is 5.07. The van der Waals surface area contributed by atoms with E-state index in [0.717, 1.165) is 0 Å². The lowest BCUT2D eigenvalue weighted by Crippen LogP contribution is -2.40. The number of pyridine rings is 1. The highest BCUT2D eigenvalue weighted by Crippen LogP contribution is 2.44. The van der Waals surface area contributed by atoms with Crippen molar-refractivity contribution in [1.82, 2.24) is 9.88 Å². The minimum absolute atomic E-state index is 0.00996. The third kappa shape index (κ3) is 10.0. The van der Waals surface area contributed by atoms with Crippen molar-refractivity contribution in [3.8, 4) is 5.75 Å². The number of rotatable bonds is 11. The van der Waals surface area contributed by atoms with Gasteiger partial charge in [-0.15, -0.1) is 0 Å². The third-order valence-corrected chi connectivity index (χ3v) is 11.3. The van der Waals surface area contributed by atoms with Gasteiger partial charge in [0, 0.05) is 35.1 Å². The second-order valence-corrected chi connectivity index (χ2v) is 15.5. The van der Waals surface area contributed by atoms with Crippen LogP contribution < -0.4 is 21.1 Å². The first-order valence-electron chi connectivity index (χ1n) is 17.5. The molecular weight excluding hydrogens is 795 g/mol. The molecule has 312 valence electrons. The van der Waals surface area contributed by atoms with Crippen LogP contribution in [-0.2, 0) is 33.7 Å². The molecule has 2 heterocycles. The Kier molecular flexibility index (Phi) is 14.1. The van der Waals surface area contributed by atoms with E-state index in [0.29, 0.717) is 28.0 Å². The molecule has 0 bridgehead atoms. The van der Waals surface area contributed by atoms with Crippen LogP contribution in [0.25, 0.3) is 10.8 Å². The number of hydrogen-bond donors (Lipinski definition) is 4. The van der Waals surface area contributed by atoms with Crippen LogP contribution in [0.5, 0.6) is 5.75 Å². The molecule has 0 unspecified atom stereocenters. The maximum Gasteiger partial charge on any atom is 0.490 e. The number of halogens is 4. The molecule has 0 aliphatic carbocycles. The number of methoxy groups -OCH3 is 2. The molecular formula is C38H41F4N5O10S.